The highest BCUT2D eigenvalue weighted by Crippen LogP contribution is 2.39. The fourth-order valence-corrected chi connectivity index (χ4v) is 2.05. The molecule has 0 heterocycles. The SMILES string of the molecule is C=CCC(O)(CC=C)c1cc(Cl)c(N)cc1OC. The van der Waals surface area contributed by atoms with Crippen LogP contribution in [0.15, 0.2) is 37.4 Å². The Morgan fingerprint density at radius 3 is 2.39 bits per heavy atom. The van der Waals surface area contributed by atoms with Crippen molar-refractivity contribution >= 4 is 17.3 Å². The normalized spacial score (nSPS) is 11.1. The second-order valence-electron chi connectivity index (χ2n) is 4.09. The number of aliphatic hydroxyl groups is 1. The minimum absolute atomic E-state index is 0.371. The molecule has 98 valence electrons. The number of nitrogens with two attached hydrogens (primary N) is 1. The first kappa shape index (κ1) is 14.6. The van der Waals surface area contributed by atoms with E-state index in [2.05, 4.69) is 13.2 Å². The Morgan fingerprint density at radius 2 is 1.94 bits per heavy atom. The van der Waals surface area contributed by atoms with Crippen molar-refractivity contribution in [1.29, 1.82) is 0 Å². The van der Waals surface area contributed by atoms with E-state index in [-0.39, 0.29) is 0 Å². The highest BCUT2D eigenvalue weighted by Gasteiger charge is 2.30. The van der Waals surface area contributed by atoms with Gasteiger partial charge in [-0.15, -0.1) is 13.2 Å². The molecule has 0 fully saturated rings. The number of rotatable bonds is 6. The smallest absolute Gasteiger partial charge is 0.127 e. The van der Waals surface area contributed by atoms with Crippen LogP contribution in [0.4, 0.5) is 5.69 Å². The number of nitrogen functional groups attached to an aromatic ring is 1. The molecule has 18 heavy (non-hydrogen) atoms. The summed E-state index contributed by atoms with van der Waals surface area (Å²) >= 11 is 6.01. The van der Waals surface area contributed by atoms with Crippen LogP contribution in [0.25, 0.3) is 0 Å². The molecule has 0 bridgehead atoms. The number of benzene rings is 1. The zero-order valence-electron chi connectivity index (χ0n) is 10.4. The van der Waals surface area contributed by atoms with Crippen molar-refractivity contribution in [3.05, 3.63) is 48.0 Å². The first-order valence-electron chi connectivity index (χ1n) is 5.56. The molecule has 0 unspecified atom stereocenters. The molecular formula is C14H18ClNO2. The maximum Gasteiger partial charge on any atom is 0.127 e. The first-order valence-corrected chi connectivity index (χ1v) is 5.94. The van der Waals surface area contributed by atoms with E-state index < -0.39 is 5.60 Å². The summed E-state index contributed by atoms with van der Waals surface area (Å²) in [5.41, 5.74) is 5.59. The predicted molar refractivity (Wildman–Crippen MR) is 75.9 cm³/mol. The van der Waals surface area contributed by atoms with Gasteiger partial charge in [0.05, 0.1) is 17.8 Å². The maximum atomic E-state index is 10.7. The second kappa shape index (κ2) is 5.94. The summed E-state index contributed by atoms with van der Waals surface area (Å²) < 4.78 is 5.25. The van der Waals surface area contributed by atoms with Gasteiger partial charge in [0.1, 0.15) is 11.4 Å². The lowest BCUT2D eigenvalue weighted by atomic mass is 9.86. The van der Waals surface area contributed by atoms with Crippen molar-refractivity contribution in [2.45, 2.75) is 18.4 Å². The van der Waals surface area contributed by atoms with Gasteiger partial charge < -0.3 is 15.6 Å². The van der Waals surface area contributed by atoms with E-state index in [9.17, 15) is 5.11 Å². The molecule has 0 aliphatic heterocycles. The minimum atomic E-state index is -1.13. The van der Waals surface area contributed by atoms with E-state index >= 15 is 0 Å². The van der Waals surface area contributed by atoms with Crippen LogP contribution in [0, 0.1) is 0 Å². The summed E-state index contributed by atoms with van der Waals surface area (Å²) in [5, 5.41) is 11.1. The largest absolute Gasteiger partial charge is 0.496 e. The average molecular weight is 268 g/mol. The first-order chi connectivity index (χ1) is 8.48. The number of methoxy groups -OCH3 is 1. The molecular weight excluding hydrogens is 250 g/mol. The molecule has 1 rings (SSSR count). The Hall–Kier alpha value is -1.45. The zero-order chi connectivity index (χ0) is 13.8. The van der Waals surface area contributed by atoms with E-state index in [4.69, 9.17) is 22.1 Å². The maximum absolute atomic E-state index is 10.7. The van der Waals surface area contributed by atoms with Crippen LogP contribution in [-0.4, -0.2) is 12.2 Å². The Labute approximate surface area is 113 Å². The Balaban J connectivity index is 3.38. The number of hydrogen-bond acceptors (Lipinski definition) is 3. The van der Waals surface area contributed by atoms with Crippen LogP contribution >= 0.6 is 11.6 Å². The Bertz CT molecular complexity index is 447. The van der Waals surface area contributed by atoms with Crippen molar-refractivity contribution in [2.24, 2.45) is 0 Å². The highest BCUT2D eigenvalue weighted by molar-refractivity contribution is 6.33. The van der Waals surface area contributed by atoms with Crippen molar-refractivity contribution in [3.63, 3.8) is 0 Å². The average Bonchev–Trinajstić information content (AvgIpc) is 2.32. The zero-order valence-corrected chi connectivity index (χ0v) is 11.2. The molecule has 0 aliphatic carbocycles. The van der Waals surface area contributed by atoms with Gasteiger partial charge in [-0.25, -0.2) is 0 Å². The van der Waals surface area contributed by atoms with E-state index in [0.29, 0.717) is 34.9 Å². The third-order valence-electron chi connectivity index (χ3n) is 2.78. The van der Waals surface area contributed by atoms with Gasteiger partial charge in [0.15, 0.2) is 0 Å². The molecule has 0 aromatic heterocycles. The van der Waals surface area contributed by atoms with Gasteiger partial charge in [-0.2, -0.15) is 0 Å². The van der Waals surface area contributed by atoms with Crippen LogP contribution in [-0.2, 0) is 5.60 Å². The van der Waals surface area contributed by atoms with Gasteiger partial charge in [0.2, 0.25) is 0 Å². The van der Waals surface area contributed by atoms with Gasteiger partial charge in [0.25, 0.3) is 0 Å². The molecule has 1 aromatic carbocycles. The lowest BCUT2D eigenvalue weighted by molar-refractivity contribution is 0.0405. The summed E-state index contributed by atoms with van der Waals surface area (Å²) in [6, 6.07) is 3.23. The van der Waals surface area contributed by atoms with Crippen molar-refractivity contribution in [3.8, 4) is 5.75 Å². The van der Waals surface area contributed by atoms with Gasteiger partial charge in [-0.1, -0.05) is 23.8 Å². The minimum Gasteiger partial charge on any atom is -0.496 e. The molecule has 4 heteroatoms. The molecule has 3 N–H and O–H groups in total. The third-order valence-corrected chi connectivity index (χ3v) is 3.11. The second-order valence-corrected chi connectivity index (χ2v) is 4.50. The van der Waals surface area contributed by atoms with Gasteiger partial charge >= 0.3 is 0 Å². The van der Waals surface area contributed by atoms with Gasteiger partial charge in [-0.05, 0) is 18.9 Å². The molecule has 0 spiro atoms. The summed E-state index contributed by atoms with van der Waals surface area (Å²) in [5.74, 6) is 0.503. The van der Waals surface area contributed by atoms with E-state index in [1.165, 1.54) is 7.11 Å². The fraction of sp³-hybridized carbons (Fsp3) is 0.286. The summed E-state index contributed by atoms with van der Waals surface area (Å²) in [7, 11) is 1.52. The standard InChI is InChI=1S/C14H18ClNO2/c1-4-6-14(17,7-5-2)10-8-11(15)12(16)9-13(10)18-3/h4-5,8-9,17H,1-2,6-7,16H2,3H3. The molecule has 0 saturated carbocycles. The van der Waals surface area contributed by atoms with E-state index in [1.807, 2.05) is 0 Å². The third kappa shape index (κ3) is 2.86. The molecule has 0 aliphatic rings. The molecule has 1 aromatic rings. The van der Waals surface area contributed by atoms with Crippen LogP contribution in [0.3, 0.4) is 0 Å². The lowest BCUT2D eigenvalue weighted by Crippen LogP contribution is -2.25. The Kier molecular flexibility index (Phi) is 4.82. The van der Waals surface area contributed by atoms with E-state index in [0.717, 1.165) is 0 Å². The van der Waals surface area contributed by atoms with Crippen molar-refractivity contribution < 1.29 is 9.84 Å². The monoisotopic (exact) mass is 267 g/mol. The predicted octanol–water partition coefficient (Wildman–Crippen LogP) is 3.27. The number of hydrogen-bond donors (Lipinski definition) is 2. The van der Waals surface area contributed by atoms with Crippen molar-refractivity contribution in [1.82, 2.24) is 0 Å². The van der Waals surface area contributed by atoms with Crippen LogP contribution in [0.2, 0.25) is 5.02 Å². The van der Waals surface area contributed by atoms with Crippen LogP contribution in [0.1, 0.15) is 18.4 Å². The number of ether oxygens (including phenoxy) is 1. The molecule has 0 saturated heterocycles. The van der Waals surface area contributed by atoms with Gasteiger partial charge in [-0.3, -0.25) is 0 Å². The Morgan fingerprint density at radius 1 is 1.39 bits per heavy atom. The fourth-order valence-electron chi connectivity index (χ4n) is 1.88. The lowest BCUT2D eigenvalue weighted by Gasteiger charge is -2.28. The van der Waals surface area contributed by atoms with Crippen molar-refractivity contribution in [2.75, 3.05) is 12.8 Å². The number of anilines is 1. The molecule has 0 atom stereocenters. The van der Waals surface area contributed by atoms with Crippen LogP contribution in [0.5, 0.6) is 5.75 Å². The summed E-state index contributed by atoms with van der Waals surface area (Å²) in [6.07, 6.45) is 4.03. The summed E-state index contributed by atoms with van der Waals surface area (Å²) in [4.78, 5) is 0. The number of halogens is 1. The molecule has 3 nitrogen and oxygen atoms in total. The highest BCUT2D eigenvalue weighted by atomic mass is 35.5. The molecule has 0 radical (unpaired) electrons. The van der Waals surface area contributed by atoms with Crippen LogP contribution < -0.4 is 10.5 Å². The van der Waals surface area contributed by atoms with Gasteiger partial charge in [0, 0.05) is 11.6 Å². The topological polar surface area (TPSA) is 55.5 Å². The molecule has 0 amide bonds. The van der Waals surface area contributed by atoms with E-state index in [1.54, 1.807) is 24.3 Å². The quantitative estimate of drug-likeness (QED) is 0.614. The summed E-state index contributed by atoms with van der Waals surface area (Å²) in [6.45, 7) is 7.31.